The standard InChI is InChI=1S/C21H21N3O6/c1-3-21(15-7-5-4-6-8-15)19(27)24(20(28)22-21)23-18(26)13-30-16-10-9-14(12-25)11-17(16)29-2/h4-12H,3,13H2,1-2H3,(H,22,28)(H,23,26)/t21-/m0/s1. The number of amides is 4. The van der Waals surface area contributed by atoms with E-state index in [1.165, 1.54) is 25.3 Å². The van der Waals surface area contributed by atoms with E-state index >= 15 is 0 Å². The fourth-order valence-electron chi connectivity index (χ4n) is 3.22. The molecule has 156 valence electrons. The number of hydrogen-bond donors (Lipinski definition) is 2. The average Bonchev–Trinajstić information content (AvgIpc) is 3.03. The lowest BCUT2D eigenvalue weighted by Crippen LogP contribution is -2.49. The first-order chi connectivity index (χ1) is 14.4. The second-order valence-electron chi connectivity index (χ2n) is 6.55. The summed E-state index contributed by atoms with van der Waals surface area (Å²) in [5.41, 5.74) is 2.04. The largest absolute Gasteiger partial charge is 0.493 e. The molecule has 0 saturated carbocycles. The molecule has 1 saturated heterocycles. The Kier molecular flexibility index (Phi) is 6.01. The number of hydrazine groups is 1. The summed E-state index contributed by atoms with van der Waals surface area (Å²) in [6, 6.07) is 12.6. The van der Waals surface area contributed by atoms with E-state index in [4.69, 9.17) is 9.47 Å². The minimum Gasteiger partial charge on any atom is -0.493 e. The predicted octanol–water partition coefficient (Wildman–Crippen LogP) is 1.77. The van der Waals surface area contributed by atoms with E-state index < -0.39 is 30.0 Å². The lowest BCUT2D eigenvalue weighted by atomic mass is 9.87. The van der Waals surface area contributed by atoms with E-state index in [-0.39, 0.29) is 11.5 Å². The molecular formula is C21H21N3O6. The summed E-state index contributed by atoms with van der Waals surface area (Å²) in [6.45, 7) is 1.30. The van der Waals surface area contributed by atoms with Crippen LogP contribution in [0.2, 0.25) is 0 Å². The van der Waals surface area contributed by atoms with Gasteiger partial charge < -0.3 is 14.8 Å². The lowest BCUT2D eigenvalue weighted by Gasteiger charge is -2.25. The molecule has 1 atom stereocenters. The first-order valence-corrected chi connectivity index (χ1v) is 9.23. The zero-order valence-electron chi connectivity index (χ0n) is 16.5. The monoisotopic (exact) mass is 411 g/mol. The molecule has 2 aromatic carbocycles. The van der Waals surface area contributed by atoms with Crippen LogP contribution in [0.3, 0.4) is 0 Å². The molecule has 2 aromatic rings. The summed E-state index contributed by atoms with van der Waals surface area (Å²) < 4.78 is 10.5. The number of imide groups is 1. The molecule has 1 heterocycles. The Bertz CT molecular complexity index is 978. The van der Waals surface area contributed by atoms with Gasteiger partial charge >= 0.3 is 6.03 Å². The van der Waals surface area contributed by atoms with Crippen LogP contribution in [0.15, 0.2) is 48.5 Å². The highest BCUT2D eigenvalue weighted by Gasteiger charge is 2.52. The van der Waals surface area contributed by atoms with Crippen molar-refractivity contribution in [2.24, 2.45) is 0 Å². The Morgan fingerprint density at radius 2 is 1.90 bits per heavy atom. The number of urea groups is 1. The van der Waals surface area contributed by atoms with Gasteiger partial charge in [-0.15, -0.1) is 0 Å². The van der Waals surface area contributed by atoms with Gasteiger partial charge in [-0.1, -0.05) is 37.3 Å². The fourth-order valence-corrected chi connectivity index (χ4v) is 3.22. The van der Waals surface area contributed by atoms with Crippen molar-refractivity contribution in [2.75, 3.05) is 13.7 Å². The van der Waals surface area contributed by atoms with Gasteiger partial charge in [-0.2, -0.15) is 5.01 Å². The van der Waals surface area contributed by atoms with Crippen molar-refractivity contribution in [1.82, 2.24) is 15.8 Å². The van der Waals surface area contributed by atoms with Crippen molar-refractivity contribution < 1.29 is 28.7 Å². The van der Waals surface area contributed by atoms with Gasteiger partial charge in [0.15, 0.2) is 18.1 Å². The number of nitrogens with zero attached hydrogens (tertiary/aromatic N) is 1. The molecule has 30 heavy (non-hydrogen) atoms. The van der Waals surface area contributed by atoms with Gasteiger partial charge in [0, 0.05) is 5.56 Å². The number of rotatable bonds is 8. The topological polar surface area (TPSA) is 114 Å². The highest BCUT2D eigenvalue weighted by Crippen LogP contribution is 2.31. The van der Waals surface area contributed by atoms with Crippen molar-refractivity contribution in [2.45, 2.75) is 18.9 Å². The van der Waals surface area contributed by atoms with E-state index in [9.17, 15) is 19.2 Å². The zero-order valence-corrected chi connectivity index (χ0v) is 16.5. The first-order valence-electron chi connectivity index (χ1n) is 9.23. The van der Waals surface area contributed by atoms with Crippen LogP contribution in [0.4, 0.5) is 4.79 Å². The normalized spacial score (nSPS) is 18.0. The molecule has 2 N–H and O–H groups in total. The van der Waals surface area contributed by atoms with E-state index in [1.54, 1.807) is 37.3 Å². The number of nitrogens with one attached hydrogen (secondary N) is 2. The van der Waals surface area contributed by atoms with Crippen LogP contribution in [-0.4, -0.2) is 42.9 Å². The molecule has 0 bridgehead atoms. The molecule has 9 heteroatoms. The summed E-state index contributed by atoms with van der Waals surface area (Å²) in [5, 5.41) is 3.33. The lowest BCUT2D eigenvalue weighted by molar-refractivity contribution is -0.140. The van der Waals surface area contributed by atoms with Crippen LogP contribution in [0, 0.1) is 0 Å². The number of benzene rings is 2. The Hall–Kier alpha value is -3.88. The number of aldehydes is 1. The Labute approximate surface area is 172 Å². The van der Waals surface area contributed by atoms with Crippen LogP contribution in [0.1, 0.15) is 29.3 Å². The molecule has 0 aromatic heterocycles. The quantitative estimate of drug-likeness (QED) is 0.506. The van der Waals surface area contributed by atoms with Gasteiger partial charge in [-0.25, -0.2) is 4.79 Å². The van der Waals surface area contributed by atoms with Crippen LogP contribution in [0.5, 0.6) is 11.5 Å². The average molecular weight is 411 g/mol. The van der Waals surface area contributed by atoms with Crippen molar-refractivity contribution in [3.63, 3.8) is 0 Å². The molecule has 9 nitrogen and oxygen atoms in total. The number of ether oxygens (including phenoxy) is 2. The van der Waals surface area contributed by atoms with E-state index in [0.717, 1.165) is 0 Å². The molecule has 1 aliphatic heterocycles. The second-order valence-corrected chi connectivity index (χ2v) is 6.55. The molecule has 0 spiro atoms. The smallest absolute Gasteiger partial charge is 0.344 e. The Morgan fingerprint density at radius 3 is 2.53 bits per heavy atom. The first kappa shape index (κ1) is 20.8. The third-order valence-electron chi connectivity index (χ3n) is 4.81. The summed E-state index contributed by atoms with van der Waals surface area (Å²) in [5.74, 6) is -0.776. The molecular weight excluding hydrogens is 390 g/mol. The van der Waals surface area contributed by atoms with E-state index in [1.807, 2.05) is 0 Å². The highest BCUT2D eigenvalue weighted by atomic mass is 16.5. The SMILES string of the molecule is CC[C@@]1(c2ccccc2)NC(=O)N(NC(=O)COc2ccc(C=O)cc2OC)C1=O. The summed E-state index contributed by atoms with van der Waals surface area (Å²) in [7, 11) is 1.40. The minimum atomic E-state index is -1.25. The summed E-state index contributed by atoms with van der Waals surface area (Å²) >= 11 is 0. The van der Waals surface area contributed by atoms with Crippen molar-refractivity contribution in [1.29, 1.82) is 0 Å². The van der Waals surface area contributed by atoms with Crippen molar-refractivity contribution in [3.8, 4) is 11.5 Å². The third-order valence-corrected chi connectivity index (χ3v) is 4.81. The maximum Gasteiger partial charge on any atom is 0.344 e. The molecule has 0 aliphatic carbocycles. The van der Waals surface area contributed by atoms with Gasteiger partial charge in [-0.05, 0) is 30.2 Å². The second kappa shape index (κ2) is 8.64. The number of methoxy groups -OCH3 is 1. The molecule has 0 unspecified atom stereocenters. The van der Waals surface area contributed by atoms with Crippen LogP contribution in [0.25, 0.3) is 0 Å². The molecule has 0 radical (unpaired) electrons. The number of carbonyl (C=O) groups is 4. The number of carbonyl (C=O) groups excluding carboxylic acids is 4. The maximum atomic E-state index is 13.0. The predicted molar refractivity (Wildman–Crippen MR) is 106 cm³/mol. The van der Waals surface area contributed by atoms with Gasteiger partial charge in [0.05, 0.1) is 7.11 Å². The van der Waals surface area contributed by atoms with E-state index in [0.29, 0.717) is 28.8 Å². The maximum absolute atomic E-state index is 13.0. The highest BCUT2D eigenvalue weighted by molar-refractivity contribution is 6.08. The minimum absolute atomic E-state index is 0.239. The molecule has 4 amide bonds. The van der Waals surface area contributed by atoms with Crippen molar-refractivity contribution in [3.05, 3.63) is 59.7 Å². The Balaban J connectivity index is 1.69. The third kappa shape index (κ3) is 3.82. The summed E-state index contributed by atoms with van der Waals surface area (Å²) in [4.78, 5) is 48.5. The molecule has 3 rings (SSSR count). The van der Waals surface area contributed by atoms with Gasteiger partial charge in [0.25, 0.3) is 11.8 Å². The Morgan fingerprint density at radius 1 is 1.17 bits per heavy atom. The fraction of sp³-hybridized carbons (Fsp3) is 0.238. The van der Waals surface area contributed by atoms with Gasteiger partial charge in [-0.3, -0.25) is 19.8 Å². The van der Waals surface area contributed by atoms with Crippen LogP contribution < -0.4 is 20.2 Å². The van der Waals surface area contributed by atoms with E-state index in [2.05, 4.69) is 10.7 Å². The van der Waals surface area contributed by atoms with Gasteiger partial charge in [0.2, 0.25) is 0 Å². The molecule has 1 aliphatic rings. The summed E-state index contributed by atoms with van der Waals surface area (Å²) in [6.07, 6.45) is 0.966. The van der Waals surface area contributed by atoms with Crippen molar-refractivity contribution >= 4 is 24.1 Å². The zero-order chi connectivity index (χ0) is 21.7. The van der Waals surface area contributed by atoms with Crippen LogP contribution in [-0.2, 0) is 15.1 Å². The van der Waals surface area contributed by atoms with Crippen LogP contribution >= 0.6 is 0 Å². The number of hydrogen-bond acceptors (Lipinski definition) is 6. The van der Waals surface area contributed by atoms with Gasteiger partial charge in [0.1, 0.15) is 11.8 Å². The molecule has 1 fully saturated rings.